The quantitative estimate of drug-likeness (QED) is 0.713. The summed E-state index contributed by atoms with van der Waals surface area (Å²) in [4.78, 5) is 13.1. The van der Waals surface area contributed by atoms with Crippen molar-refractivity contribution in [3.05, 3.63) is 21.3 Å². The van der Waals surface area contributed by atoms with Gasteiger partial charge in [0.2, 0.25) is 5.91 Å². The molecule has 0 aromatic carbocycles. The number of thiophene rings is 1. The molecule has 1 aromatic rings. The number of amides is 1. The van der Waals surface area contributed by atoms with E-state index < -0.39 is 26.6 Å². The van der Waals surface area contributed by atoms with Crippen molar-refractivity contribution in [3.8, 4) is 0 Å². The summed E-state index contributed by atoms with van der Waals surface area (Å²) in [7, 11) is -3.55. The molecule has 2 heterocycles. The first-order valence-corrected chi connectivity index (χ1v) is 9.97. The van der Waals surface area contributed by atoms with Crippen molar-refractivity contribution in [3.63, 3.8) is 0 Å². The topological polar surface area (TPSA) is 95.5 Å². The van der Waals surface area contributed by atoms with E-state index in [0.29, 0.717) is 22.3 Å². The van der Waals surface area contributed by atoms with Gasteiger partial charge < -0.3 is 15.7 Å². The van der Waals surface area contributed by atoms with Gasteiger partial charge in [-0.25, -0.2) is 8.42 Å². The number of aliphatic hydroxyl groups is 1. The van der Waals surface area contributed by atoms with E-state index in [4.69, 9.17) is 11.6 Å². The standard InChI is InChI=1S/C13H19ClN2O4S2/c1-22(19,20)13(4-6-15-7-5-13)12(18)16-8-9(17)10-2-3-11(14)21-10/h2-3,9,15,17H,4-8H2,1H3,(H,16,18). The van der Waals surface area contributed by atoms with E-state index in [0.717, 1.165) is 6.26 Å². The smallest absolute Gasteiger partial charge is 0.241 e. The van der Waals surface area contributed by atoms with E-state index in [9.17, 15) is 18.3 Å². The van der Waals surface area contributed by atoms with Gasteiger partial charge >= 0.3 is 0 Å². The molecule has 1 fully saturated rings. The first-order chi connectivity index (χ1) is 10.3. The predicted octanol–water partition coefficient (Wildman–Crippen LogP) is 0.718. The molecule has 1 atom stereocenters. The van der Waals surface area contributed by atoms with Gasteiger partial charge in [-0.3, -0.25) is 4.79 Å². The number of nitrogens with one attached hydrogen (secondary N) is 2. The van der Waals surface area contributed by atoms with Gasteiger partial charge in [0, 0.05) is 17.7 Å². The van der Waals surface area contributed by atoms with Crippen molar-refractivity contribution in [1.29, 1.82) is 0 Å². The van der Waals surface area contributed by atoms with Gasteiger partial charge in [0.1, 0.15) is 6.10 Å². The fourth-order valence-electron chi connectivity index (χ4n) is 2.56. The second kappa shape index (κ2) is 6.84. The zero-order valence-electron chi connectivity index (χ0n) is 12.1. The van der Waals surface area contributed by atoms with Crippen molar-refractivity contribution in [2.24, 2.45) is 0 Å². The fourth-order valence-corrected chi connectivity index (χ4v) is 4.96. The lowest BCUT2D eigenvalue weighted by Crippen LogP contribution is -2.57. The lowest BCUT2D eigenvalue weighted by Gasteiger charge is -2.34. The minimum Gasteiger partial charge on any atom is -0.386 e. The molecule has 22 heavy (non-hydrogen) atoms. The molecule has 1 aliphatic heterocycles. The number of halogens is 1. The van der Waals surface area contributed by atoms with Crippen LogP contribution in [-0.2, 0) is 14.6 Å². The van der Waals surface area contributed by atoms with Gasteiger partial charge in [-0.2, -0.15) is 0 Å². The minimum atomic E-state index is -3.55. The van der Waals surface area contributed by atoms with Crippen LogP contribution >= 0.6 is 22.9 Å². The number of rotatable bonds is 5. The summed E-state index contributed by atoms with van der Waals surface area (Å²) in [6, 6.07) is 3.35. The highest BCUT2D eigenvalue weighted by molar-refractivity contribution is 7.92. The van der Waals surface area contributed by atoms with E-state index in [1.807, 2.05) is 0 Å². The normalized spacial score (nSPS) is 19.6. The van der Waals surface area contributed by atoms with Crippen molar-refractivity contribution in [1.82, 2.24) is 10.6 Å². The van der Waals surface area contributed by atoms with Crippen molar-refractivity contribution in [2.75, 3.05) is 25.9 Å². The highest BCUT2D eigenvalue weighted by Crippen LogP contribution is 2.29. The van der Waals surface area contributed by atoms with Gasteiger partial charge in [-0.15, -0.1) is 11.3 Å². The third kappa shape index (κ3) is 3.62. The summed E-state index contributed by atoms with van der Waals surface area (Å²) in [5.74, 6) is -0.543. The zero-order chi connectivity index (χ0) is 16.4. The van der Waals surface area contributed by atoms with Crippen LogP contribution in [0.2, 0.25) is 4.34 Å². The van der Waals surface area contributed by atoms with Crippen LogP contribution in [0.15, 0.2) is 12.1 Å². The molecule has 6 nitrogen and oxygen atoms in total. The average molecular weight is 367 g/mol. The summed E-state index contributed by atoms with van der Waals surface area (Å²) in [5, 5.41) is 15.7. The zero-order valence-corrected chi connectivity index (χ0v) is 14.5. The highest BCUT2D eigenvalue weighted by Gasteiger charge is 2.48. The van der Waals surface area contributed by atoms with Gasteiger partial charge in [0.15, 0.2) is 14.6 Å². The Morgan fingerprint density at radius 3 is 2.64 bits per heavy atom. The predicted molar refractivity (Wildman–Crippen MR) is 87.0 cm³/mol. The molecule has 1 amide bonds. The maximum atomic E-state index is 12.5. The molecule has 9 heteroatoms. The highest BCUT2D eigenvalue weighted by atomic mass is 35.5. The van der Waals surface area contributed by atoms with Crippen molar-refractivity contribution >= 4 is 38.7 Å². The molecule has 1 saturated heterocycles. The first kappa shape index (κ1) is 17.7. The lowest BCUT2D eigenvalue weighted by molar-refractivity contribution is -0.124. The van der Waals surface area contributed by atoms with Crippen molar-refractivity contribution in [2.45, 2.75) is 23.7 Å². The molecule has 1 unspecified atom stereocenters. The van der Waals surface area contributed by atoms with Gasteiger partial charge in [0.25, 0.3) is 0 Å². The third-order valence-corrected chi connectivity index (χ3v) is 7.26. The second-order valence-corrected chi connectivity index (χ2v) is 9.46. The molecule has 1 aromatic heterocycles. The number of hydrogen-bond donors (Lipinski definition) is 3. The van der Waals surface area contributed by atoms with Crippen LogP contribution in [0.4, 0.5) is 0 Å². The van der Waals surface area contributed by atoms with Crippen LogP contribution in [0.3, 0.4) is 0 Å². The van der Waals surface area contributed by atoms with E-state index in [2.05, 4.69) is 10.6 Å². The molecule has 124 valence electrons. The van der Waals surface area contributed by atoms with Crippen LogP contribution in [0.5, 0.6) is 0 Å². The minimum absolute atomic E-state index is 0.0413. The van der Waals surface area contributed by atoms with E-state index in [1.165, 1.54) is 11.3 Å². The Hall–Kier alpha value is -0.670. The third-order valence-electron chi connectivity index (χ3n) is 3.91. The number of piperidine rings is 1. The first-order valence-electron chi connectivity index (χ1n) is 6.88. The Bertz CT molecular complexity index is 638. The molecular weight excluding hydrogens is 348 g/mol. The van der Waals surface area contributed by atoms with Crippen molar-refractivity contribution < 1.29 is 18.3 Å². The molecule has 2 rings (SSSR count). The largest absolute Gasteiger partial charge is 0.386 e. The summed E-state index contributed by atoms with van der Waals surface area (Å²) >= 11 is 7.03. The number of hydrogen-bond acceptors (Lipinski definition) is 6. The summed E-state index contributed by atoms with van der Waals surface area (Å²) in [6.45, 7) is 0.910. The van der Waals surface area contributed by atoms with Crippen LogP contribution in [0.25, 0.3) is 0 Å². The van der Waals surface area contributed by atoms with Gasteiger partial charge in [-0.05, 0) is 38.1 Å². The number of sulfone groups is 1. The van der Waals surface area contributed by atoms with Crippen LogP contribution in [0.1, 0.15) is 23.8 Å². The van der Waals surface area contributed by atoms with E-state index in [-0.39, 0.29) is 19.4 Å². The van der Waals surface area contributed by atoms with Gasteiger partial charge in [0.05, 0.1) is 4.34 Å². The van der Waals surface area contributed by atoms with E-state index in [1.54, 1.807) is 12.1 Å². The van der Waals surface area contributed by atoms with Crippen LogP contribution in [0, 0.1) is 0 Å². The Morgan fingerprint density at radius 1 is 1.50 bits per heavy atom. The monoisotopic (exact) mass is 366 g/mol. The Kier molecular flexibility index (Phi) is 5.50. The van der Waals surface area contributed by atoms with Crippen LogP contribution in [-0.4, -0.2) is 50.1 Å². The average Bonchev–Trinajstić information content (AvgIpc) is 2.90. The maximum Gasteiger partial charge on any atom is 0.241 e. The number of carbonyl (C=O) groups is 1. The fraction of sp³-hybridized carbons (Fsp3) is 0.615. The summed E-state index contributed by atoms with van der Waals surface area (Å²) < 4.78 is 23.3. The molecule has 0 aliphatic carbocycles. The van der Waals surface area contributed by atoms with Gasteiger partial charge in [-0.1, -0.05) is 11.6 Å². The lowest BCUT2D eigenvalue weighted by atomic mass is 9.96. The van der Waals surface area contributed by atoms with Crippen LogP contribution < -0.4 is 10.6 Å². The van der Waals surface area contributed by atoms with E-state index >= 15 is 0 Å². The molecule has 0 radical (unpaired) electrons. The maximum absolute atomic E-state index is 12.5. The molecule has 0 saturated carbocycles. The summed E-state index contributed by atoms with van der Waals surface area (Å²) in [6.07, 6.45) is 0.657. The SMILES string of the molecule is CS(=O)(=O)C1(C(=O)NCC(O)c2ccc(Cl)s2)CCNCC1. The molecule has 0 bridgehead atoms. The summed E-state index contributed by atoms with van der Waals surface area (Å²) in [5.41, 5.74) is 0. The Labute approximate surface area is 138 Å². The second-order valence-electron chi connectivity index (χ2n) is 5.38. The molecule has 3 N–H and O–H groups in total. The Morgan fingerprint density at radius 2 is 2.14 bits per heavy atom. The molecule has 1 aliphatic rings. The number of aliphatic hydroxyl groups excluding tert-OH is 1. The molecular formula is C13H19ClN2O4S2. The molecule has 0 spiro atoms. The Balaban J connectivity index is 2.06. The number of carbonyl (C=O) groups excluding carboxylic acids is 1.